The molecule has 1 aliphatic rings. The third kappa shape index (κ3) is 3.67. The summed E-state index contributed by atoms with van der Waals surface area (Å²) in [6, 6.07) is 0.479. The van der Waals surface area contributed by atoms with Crippen molar-refractivity contribution < 1.29 is 9.57 Å². The topological polar surface area (TPSA) is 42.5 Å². The molecule has 0 bridgehead atoms. The molecule has 0 saturated carbocycles. The predicted molar refractivity (Wildman–Crippen MR) is 42.2 cm³/mol. The van der Waals surface area contributed by atoms with E-state index in [-0.39, 0.29) is 0 Å². The van der Waals surface area contributed by atoms with Crippen LogP contribution < -0.4 is 10.8 Å². The first-order chi connectivity index (χ1) is 5.43. The lowest BCUT2D eigenvalue weighted by molar-refractivity contribution is -0.00843. The number of hydrogen-bond acceptors (Lipinski definition) is 4. The minimum atomic E-state index is 0.479. The maximum atomic E-state index is 5.14. The van der Waals surface area contributed by atoms with Crippen LogP contribution in [0.4, 0.5) is 0 Å². The third-order valence-corrected chi connectivity index (χ3v) is 1.70. The third-order valence-electron chi connectivity index (χ3n) is 1.70. The standard InChI is InChI=1S/C7H16N2O2/c1-10-4-5-11-9-7-2-3-8-6-7/h7-9H,2-6H2,1H3. The Hall–Kier alpha value is -0.160. The molecule has 4 heteroatoms. The molecule has 0 spiro atoms. The zero-order chi connectivity index (χ0) is 7.94. The number of methoxy groups -OCH3 is 1. The summed E-state index contributed by atoms with van der Waals surface area (Å²) in [5.74, 6) is 0. The average molecular weight is 160 g/mol. The van der Waals surface area contributed by atoms with E-state index in [1.807, 2.05) is 0 Å². The molecule has 0 aliphatic carbocycles. The van der Waals surface area contributed by atoms with Crippen molar-refractivity contribution in [3.05, 3.63) is 0 Å². The van der Waals surface area contributed by atoms with Crippen molar-refractivity contribution in [1.29, 1.82) is 0 Å². The quantitative estimate of drug-likeness (QED) is 0.421. The SMILES string of the molecule is COCCONC1CCNC1. The van der Waals surface area contributed by atoms with Gasteiger partial charge in [-0.2, -0.15) is 5.48 Å². The molecular formula is C7H16N2O2. The fraction of sp³-hybridized carbons (Fsp3) is 1.00. The fourth-order valence-corrected chi connectivity index (χ4v) is 1.06. The van der Waals surface area contributed by atoms with Crippen molar-refractivity contribution in [2.75, 3.05) is 33.4 Å². The summed E-state index contributed by atoms with van der Waals surface area (Å²) in [5, 5.41) is 3.24. The largest absolute Gasteiger partial charge is 0.382 e. The molecular weight excluding hydrogens is 144 g/mol. The van der Waals surface area contributed by atoms with E-state index in [9.17, 15) is 0 Å². The number of ether oxygens (including phenoxy) is 1. The summed E-state index contributed by atoms with van der Waals surface area (Å²) in [7, 11) is 1.67. The van der Waals surface area contributed by atoms with Crippen molar-refractivity contribution in [1.82, 2.24) is 10.8 Å². The highest BCUT2D eigenvalue weighted by Crippen LogP contribution is 1.95. The van der Waals surface area contributed by atoms with Gasteiger partial charge in [0.2, 0.25) is 0 Å². The number of hydroxylamine groups is 1. The molecule has 1 heterocycles. The van der Waals surface area contributed by atoms with Gasteiger partial charge in [0, 0.05) is 19.7 Å². The van der Waals surface area contributed by atoms with Gasteiger partial charge in [-0.1, -0.05) is 0 Å². The van der Waals surface area contributed by atoms with E-state index in [4.69, 9.17) is 9.57 Å². The molecule has 11 heavy (non-hydrogen) atoms. The number of nitrogens with one attached hydrogen (secondary N) is 2. The normalized spacial score (nSPS) is 24.3. The first-order valence-electron chi connectivity index (χ1n) is 4.00. The Labute approximate surface area is 67.2 Å². The highest BCUT2D eigenvalue weighted by Gasteiger charge is 2.12. The molecule has 2 N–H and O–H groups in total. The van der Waals surface area contributed by atoms with Crippen molar-refractivity contribution in [3.8, 4) is 0 Å². The number of hydrogen-bond donors (Lipinski definition) is 2. The van der Waals surface area contributed by atoms with Crippen LogP contribution in [0.1, 0.15) is 6.42 Å². The molecule has 0 aromatic heterocycles. The molecule has 1 rings (SSSR count). The Morgan fingerprint density at radius 2 is 2.45 bits per heavy atom. The lowest BCUT2D eigenvalue weighted by Gasteiger charge is -2.10. The zero-order valence-electron chi connectivity index (χ0n) is 6.93. The van der Waals surface area contributed by atoms with E-state index >= 15 is 0 Å². The van der Waals surface area contributed by atoms with Gasteiger partial charge in [0.25, 0.3) is 0 Å². The summed E-state index contributed by atoms with van der Waals surface area (Å²) in [5.41, 5.74) is 2.97. The average Bonchev–Trinajstić information content (AvgIpc) is 2.50. The molecule has 0 amide bonds. The van der Waals surface area contributed by atoms with Crippen LogP contribution in [0.15, 0.2) is 0 Å². The van der Waals surface area contributed by atoms with E-state index in [0.29, 0.717) is 19.3 Å². The van der Waals surface area contributed by atoms with Crippen LogP contribution in [0, 0.1) is 0 Å². The second kappa shape index (κ2) is 5.49. The molecule has 0 radical (unpaired) electrons. The molecule has 4 nitrogen and oxygen atoms in total. The van der Waals surface area contributed by atoms with Crippen molar-refractivity contribution >= 4 is 0 Å². The Morgan fingerprint density at radius 1 is 1.55 bits per heavy atom. The van der Waals surface area contributed by atoms with Crippen molar-refractivity contribution in [2.24, 2.45) is 0 Å². The van der Waals surface area contributed by atoms with Gasteiger partial charge in [0.15, 0.2) is 0 Å². The second-order valence-electron chi connectivity index (χ2n) is 2.65. The van der Waals surface area contributed by atoms with Crippen LogP contribution >= 0.6 is 0 Å². The highest BCUT2D eigenvalue weighted by molar-refractivity contribution is 4.73. The summed E-state index contributed by atoms with van der Waals surface area (Å²) >= 11 is 0. The maximum Gasteiger partial charge on any atom is 0.0916 e. The van der Waals surface area contributed by atoms with Gasteiger partial charge in [0.1, 0.15) is 0 Å². The molecule has 0 aromatic rings. The molecule has 1 unspecified atom stereocenters. The molecule has 1 aliphatic heterocycles. The lowest BCUT2D eigenvalue weighted by atomic mass is 10.3. The van der Waals surface area contributed by atoms with Gasteiger partial charge in [-0.15, -0.1) is 0 Å². The molecule has 66 valence electrons. The Balaban J connectivity index is 1.86. The lowest BCUT2D eigenvalue weighted by Crippen LogP contribution is -2.32. The van der Waals surface area contributed by atoms with Crippen molar-refractivity contribution in [2.45, 2.75) is 12.5 Å². The summed E-state index contributed by atoms with van der Waals surface area (Å²) < 4.78 is 4.83. The van der Waals surface area contributed by atoms with Gasteiger partial charge >= 0.3 is 0 Å². The predicted octanol–water partition coefficient (Wildman–Crippen LogP) is -0.484. The molecule has 0 aromatic carbocycles. The van der Waals surface area contributed by atoms with Crippen LogP contribution in [-0.4, -0.2) is 39.5 Å². The van der Waals surface area contributed by atoms with E-state index in [1.54, 1.807) is 7.11 Å². The van der Waals surface area contributed by atoms with Gasteiger partial charge in [-0.05, 0) is 13.0 Å². The molecule has 1 fully saturated rings. The van der Waals surface area contributed by atoms with Crippen LogP contribution in [-0.2, 0) is 9.57 Å². The minimum Gasteiger partial charge on any atom is -0.382 e. The molecule has 1 saturated heterocycles. The van der Waals surface area contributed by atoms with Crippen LogP contribution in [0.3, 0.4) is 0 Å². The fourth-order valence-electron chi connectivity index (χ4n) is 1.06. The Kier molecular flexibility index (Phi) is 4.45. The summed E-state index contributed by atoms with van der Waals surface area (Å²) in [4.78, 5) is 5.14. The first kappa shape index (κ1) is 8.93. The van der Waals surface area contributed by atoms with Crippen LogP contribution in [0.5, 0.6) is 0 Å². The summed E-state index contributed by atoms with van der Waals surface area (Å²) in [6.45, 7) is 3.36. The Bertz CT molecular complexity index is 94.4. The smallest absolute Gasteiger partial charge is 0.0916 e. The monoisotopic (exact) mass is 160 g/mol. The van der Waals surface area contributed by atoms with E-state index in [0.717, 1.165) is 19.5 Å². The van der Waals surface area contributed by atoms with Crippen molar-refractivity contribution in [3.63, 3.8) is 0 Å². The second-order valence-corrected chi connectivity index (χ2v) is 2.65. The first-order valence-corrected chi connectivity index (χ1v) is 4.00. The van der Waals surface area contributed by atoms with E-state index in [1.165, 1.54) is 0 Å². The van der Waals surface area contributed by atoms with Gasteiger partial charge < -0.3 is 10.1 Å². The van der Waals surface area contributed by atoms with Gasteiger partial charge in [-0.3, -0.25) is 4.84 Å². The minimum absolute atomic E-state index is 0.479. The van der Waals surface area contributed by atoms with Gasteiger partial charge in [-0.25, -0.2) is 0 Å². The summed E-state index contributed by atoms with van der Waals surface area (Å²) in [6.07, 6.45) is 1.15. The molecule has 1 atom stereocenters. The zero-order valence-corrected chi connectivity index (χ0v) is 6.93. The van der Waals surface area contributed by atoms with Crippen LogP contribution in [0.2, 0.25) is 0 Å². The highest BCUT2D eigenvalue weighted by atomic mass is 16.7. The number of rotatable bonds is 5. The maximum absolute atomic E-state index is 5.14. The van der Waals surface area contributed by atoms with E-state index in [2.05, 4.69) is 10.8 Å². The van der Waals surface area contributed by atoms with Crippen LogP contribution in [0.25, 0.3) is 0 Å². The Morgan fingerprint density at radius 3 is 3.09 bits per heavy atom. The van der Waals surface area contributed by atoms with Gasteiger partial charge in [0.05, 0.1) is 13.2 Å². The van der Waals surface area contributed by atoms with E-state index < -0.39 is 0 Å².